The van der Waals surface area contributed by atoms with Crippen molar-refractivity contribution in [2.45, 2.75) is 52.7 Å². The lowest BCUT2D eigenvalue weighted by atomic mass is 9.82. The number of piperazine rings is 1. The van der Waals surface area contributed by atoms with E-state index in [4.69, 9.17) is 4.74 Å². The summed E-state index contributed by atoms with van der Waals surface area (Å²) >= 11 is 0. The van der Waals surface area contributed by atoms with Crippen LogP contribution < -0.4 is 10.1 Å². The molecule has 1 saturated heterocycles. The molecule has 0 aromatic carbocycles. The van der Waals surface area contributed by atoms with Crippen molar-refractivity contribution in [3.8, 4) is 5.88 Å². The van der Waals surface area contributed by atoms with E-state index < -0.39 is 0 Å². The second kappa shape index (κ2) is 5.93. The lowest BCUT2D eigenvalue weighted by molar-refractivity contribution is 0.0262. The van der Waals surface area contributed by atoms with Crippen molar-refractivity contribution >= 4 is 0 Å². The van der Waals surface area contributed by atoms with Crippen LogP contribution in [-0.4, -0.2) is 41.7 Å². The molecule has 0 spiro atoms. The van der Waals surface area contributed by atoms with E-state index in [1.54, 1.807) is 7.11 Å². The number of nitrogens with zero attached hydrogens (tertiary/aromatic N) is 2. The Morgan fingerprint density at radius 3 is 2.71 bits per heavy atom. The molecular weight excluding hydrogens is 262 g/mol. The minimum Gasteiger partial charge on any atom is -0.481 e. The fraction of sp³-hybridized carbons (Fsp3) is 0.706. The molecule has 0 radical (unpaired) electrons. The number of hydrogen-bond donors (Lipinski definition) is 1. The summed E-state index contributed by atoms with van der Waals surface area (Å²) in [5, 5.41) is 3.67. The Morgan fingerprint density at radius 2 is 2.10 bits per heavy atom. The molecule has 4 nitrogen and oxygen atoms in total. The SMILES string of the molecule is COc1cccc(CN2CC(C)(C)NCC2C(C)(C)C)n1. The van der Waals surface area contributed by atoms with Crippen LogP contribution in [0.5, 0.6) is 5.88 Å². The van der Waals surface area contributed by atoms with Gasteiger partial charge in [0, 0.05) is 37.3 Å². The van der Waals surface area contributed by atoms with Crippen LogP contribution in [0.2, 0.25) is 0 Å². The van der Waals surface area contributed by atoms with Gasteiger partial charge in [0.25, 0.3) is 0 Å². The van der Waals surface area contributed by atoms with E-state index in [0.717, 1.165) is 25.3 Å². The summed E-state index contributed by atoms with van der Waals surface area (Å²) in [5.74, 6) is 0.689. The van der Waals surface area contributed by atoms with Gasteiger partial charge in [-0.1, -0.05) is 26.8 Å². The third-order valence-corrected chi connectivity index (χ3v) is 4.17. The monoisotopic (exact) mass is 291 g/mol. The minimum atomic E-state index is 0.140. The second-order valence-corrected chi connectivity index (χ2v) is 7.72. The largest absolute Gasteiger partial charge is 0.481 e. The van der Waals surface area contributed by atoms with Gasteiger partial charge in [0.1, 0.15) is 0 Å². The first kappa shape index (κ1) is 16.2. The molecule has 1 unspecified atom stereocenters. The first-order valence-electron chi connectivity index (χ1n) is 7.70. The summed E-state index contributed by atoms with van der Waals surface area (Å²) in [6, 6.07) is 6.49. The van der Waals surface area contributed by atoms with E-state index in [1.807, 2.05) is 12.1 Å². The molecule has 1 aliphatic rings. The summed E-state index contributed by atoms with van der Waals surface area (Å²) in [7, 11) is 1.66. The maximum absolute atomic E-state index is 5.24. The normalized spacial score (nSPS) is 23.0. The molecule has 1 fully saturated rings. The van der Waals surface area contributed by atoms with Crippen molar-refractivity contribution in [2.75, 3.05) is 20.2 Å². The van der Waals surface area contributed by atoms with Gasteiger partial charge in [0.05, 0.1) is 12.8 Å². The average molecular weight is 291 g/mol. The van der Waals surface area contributed by atoms with Crippen LogP contribution in [0.1, 0.15) is 40.3 Å². The first-order valence-corrected chi connectivity index (χ1v) is 7.70. The Morgan fingerprint density at radius 1 is 1.38 bits per heavy atom. The van der Waals surface area contributed by atoms with Gasteiger partial charge in [-0.3, -0.25) is 4.90 Å². The van der Waals surface area contributed by atoms with Crippen LogP contribution in [0.25, 0.3) is 0 Å². The van der Waals surface area contributed by atoms with Gasteiger partial charge in [0.2, 0.25) is 5.88 Å². The third-order valence-electron chi connectivity index (χ3n) is 4.17. The lowest BCUT2D eigenvalue weighted by Crippen LogP contribution is -2.64. The molecule has 118 valence electrons. The number of nitrogens with one attached hydrogen (secondary N) is 1. The number of hydrogen-bond acceptors (Lipinski definition) is 4. The Kier molecular flexibility index (Phi) is 4.59. The quantitative estimate of drug-likeness (QED) is 0.929. The predicted octanol–water partition coefficient (Wildman–Crippen LogP) is 2.69. The van der Waals surface area contributed by atoms with Gasteiger partial charge in [0.15, 0.2) is 0 Å². The minimum absolute atomic E-state index is 0.140. The molecule has 0 amide bonds. The van der Waals surface area contributed by atoms with Gasteiger partial charge < -0.3 is 10.1 Å². The van der Waals surface area contributed by atoms with E-state index in [0.29, 0.717) is 11.9 Å². The van der Waals surface area contributed by atoms with Crippen molar-refractivity contribution in [1.82, 2.24) is 15.2 Å². The summed E-state index contributed by atoms with van der Waals surface area (Å²) in [6.45, 7) is 14.4. The van der Waals surface area contributed by atoms with E-state index in [2.05, 4.69) is 55.9 Å². The van der Waals surface area contributed by atoms with E-state index in [-0.39, 0.29) is 11.0 Å². The molecule has 0 aliphatic carbocycles. The summed E-state index contributed by atoms with van der Waals surface area (Å²) in [4.78, 5) is 7.12. The van der Waals surface area contributed by atoms with Crippen molar-refractivity contribution < 1.29 is 4.74 Å². The maximum atomic E-state index is 5.24. The molecule has 2 rings (SSSR count). The smallest absolute Gasteiger partial charge is 0.213 e. The van der Waals surface area contributed by atoms with Gasteiger partial charge in [-0.05, 0) is 25.3 Å². The number of rotatable bonds is 3. The van der Waals surface area contributed by atoms with E-state index in [9.17, 15) is 0 Å². The standard InChI is InChI=1S/C17H29N3O/c1-16(2,3)14-10-18-17(4,5)12-20(14)11-13-8-7-9-15(19-13)21-6/h7-9,14,18H,10-12H2,1-6H3. The van der Waals surface area contributed by atoms with Gasteiger partial charge in [-0.2, -0.15) is 0 Å². The zero-order valence-corrected chi connectivity index (χ0v) is 14.2. The van der Waals surface area contributed by atoms with Crippen molar-refractivity contribution in [1.29, 1.82) is 0 Å². The summed E-state index contributed by atoms with van der Waals surface area (Å²) in [5.41, 5.74) is 1.45. The molecule has 1 atom stereocenters. The number of methoxy groups -OCH3 is 1. The molecule has 1 aromatic heterocycles. The fourth-order valence-electron chi connectivity index (χ4n) is 3.06. The summed E-state index contributed by atoms with van der Waals surface area (Å²) in [6.07, 6.45) is 0. The molecule has 0 bridgehead atoms. The molecule has 1 aliphatic heterocycles. The topological polar surface area (TPSA) is 37.4 Å². The van der Waals surface area contributed by atoms with Gasteiger partial charge >= 0.3 is 0 Å². The van der Waals surface area contributed by atoms with Crippen molar-refractivity contribution in [3.63, 3.8) is 0 Å². The number of aromatic nitrogens is 1. The van der Waals surface area contributed by atoms with Gasteiger partial charge in [-0.25, -0.2) is 4.98 Å². The van der Waals surface area contributed by atoms with Crippen LogP contribution in [0.4, 0.5) is 0 Å². The van der Waals surface area contributed by atoms with Crippen molar-refractivity contribution in [3.05, 3.63) is 23.9 Å². The molecular formula is C17H29N3O. The molecule has 2 heterocycles. The van der Waals surface area contributed by atoms with Crippen LogP contribution >= 0.6 is 0 Å². The average Bonchev–Trinajstić information content (AvgIpc) is 2.36. The zero-order valence-electron chi connectivity index (χ0n) is 14.2. The molecule has 1 aromatic rings. The molecule has 21 heavy (non-hydrogen) atoms. The number of ether oxygens (including phenoxy) is 1. The Labute approximate surface area is 128 Å². The van der Waals surface area contributed by atoms with Gasteiger partial charge in [-0.15, -0.1) is 0 Å². The lowest BCUT2D eigenvalue weighted by Gasteiger charge is -2.49. The molecule has 4 heteroatoms. The highest BCUT2D eigenvalue weighted by molar-refractivity contribution is 5.16. The van der Waals surface area contributed by atoms with E-state index in [1.165, 1.54) is 0 Å². The number of pyridine rings is 1. The Bertz CT molecular complexity index is 479. The highest BCUT2D eigenvalue weighted by atomic mass is 16.5. The van der Waals surface area contributed by atoms with Crippen LogP contribution in [-0.2, 0) is 6.54 Å². The van der Waals surface area contributed by atoms with Crippen molar-refractivity contribution in [2.24, 2.45) is 5.41 Å². The Balaban J connectivity index is 2.19. The van der Waals surface area contributed by atoms with E-state index >= 15 is 0 Å². The van der Waals surface area contributed by atoms with Crippen LogP contribution in [0, 0.1) is 5.41 Å². The summed E-state index contributed by atoms with van der Waals surface area (Å²) < 4.78 is 5.24. The predicted molar refractivity (Wildman–Crippen MR) is 86.5 cm³/mol. The zero-order chi connectivity index (χ0) is 15.7. The first-order chi connectivity index (χ1) is 9.71. The fourth-order valence-corrected chi connectivity index (χ4v) is 3.06. The molecule has 1 N–H and O–H groups in total. The van der Waals surface area contributed by atoms with Crippen LogP contribution in [0.15, 0.2) is 18.2 Å². The maximum Gasteiger partial charge on any atom is 0.213 e. The second-order valence-electron chi connectivity index (χ2n) is 7.72. The Hall–Kier alpha value is -1.13. The third kappa shape index (κ3) is 4.17. The highest BCUT2D eigenvalue weighted by Crippen LogP contribution is 2.29. The highest BCUT2D eigenvalue weighted by Gasteiger charge is 2.38. The van der Waals surface area contributed by atoms with Crippen LogP contribution in [0.3, 0.4) is 0 Å². The molecule has 0 saturated carbocycles.